The monoisotopic (exact) mass is 403 g/mol. The number of amides is 1. The number of ether oxygens (including phenoxy) is 1. The minimum Gasteiger partial charge on any atom is -0.385 e. The van der Waals surface area contributed by atoms with Gasteiger partial charge in [-0.3, -0.25) is 4.79 Å². The van der Waals surface area contributed by atoms with E-state index in [2.05, 4.69) is 6.07 Å². The van der Waals surface area contributed by atoms with Gasteiger partial charge in [0, 0.05) is 37.9 Å². The maximum Gasteiger partial charge on any atom is 0.209 e. The molecular weight excluding hydrogens is 374 g/mol. The third kappa shape index (κ3) is 5.81. The van der Waals surface area contributed by atoms with Gasteiger partial charge in [0.2, 0.25) is 6.41 Å². The van der Waals surface area contributed by atoms with E-state index in [9.17, 15) is 9.90 Å². The number of aryl methyl sites for hydroxylation is 1. The van der Waals surface area contributed by atoms with Gasteiger partial charge in [0.1, 0.15) is 0 Å². The molecule has 0 radical (unpaired) electrons. The van der Waals surface area contributed by atoms with Gasteiger partial charge in [-0.15, -0.1) is 0 Å². The number of methoxy groups -OCH3 is 1. The largest absolute Gasteiger partial charge is 0.385 e. The molecule has 152 valence electrons. The summed E-state index contributed by atoms with van der Waals surface area (Å²) in [5, 5.41) is 12.3. The molecule has 0 fully saturated rings. The predicted octanol–water partition coefficient (Wildman–Crippen LogP) is 4.80. The Labute approximate surface area is 173 Å². The molecule has 1 N–H and O–H groups in total. The van der Waals surface area contributed by atoms with Crippen LogP contribution in [0.5, 0.6) is 0 Å². The van der Waals surface area contributed by atoms with Crippen molar-refractivity contribution in [3.8, 4) is 11.1 Å². The molecule has 28 heavy (non-hydrogen) atoms. The molecule has 2 aromatic rings. The van der Waals surface area contributed by atoms with E-state index in [1.54, 1.807) is 19.1 Å². The summed E-state index contributed by atoms with van der Waals surface area (Å²) in [5.41, 5.74) is 2.69. The molecule has 2 rings (SSSR count). The van der Waals surface area contributed by atoms with Crippen LogP contribution in [0.4, 0.5) is 0 Å². The van der Waals surface area contributed by atoms with Crippen LogP contribution in [0.1, 0.15) is 36.8 Å². The summed E-state index contributed by atoms with van der Waals surface area (Å²) in [6.07, 6.45) is 3.47. The Morgan fingerprint density at radius 2 is 1.93 bits per heavy atom. The normalized spacial score (nSPS) is 13.2. The minimum absolute atomic E-state index is 0.439. The number of unbranched alkanes of at least 4 members (excludes halogenated alkanes) is 1. The molecule has 0 bridgehead atoms. The third-order valence-corrected chi connectivity index (χ3v) is 5.38. The van der Waals surface area contributed by atoms with Crippen LogP contribution in [0.25, 0.3) is 11.1 Å². The number of benzene rings is 2. The zero-order chi connectivity index (χ0) is 20.6. The minimum atomic E-state index is -1.09. The van der Waals surface area contributed by atoms with Crippen molar-refractivity contribution in [1.82, 2.24) is 4.90 Å². The molecule has 0 saturated heterocycles. The fraction of sp³-hybridized carbons (Fsp3) is 0.435. The standard InChI is InChI=1S/C23H30ClNO3/c1-18-8-6-9-19(16-18)22-20(10-7-11-21(22)24)23(27,12-4-5-15-28-3)13-14-25(2)17-26/h6-11,16-17,27H,4-5,12-15H2,1-3H3. The van der Waals surface area contributed by atoms with Crippen molar-refractivity contribution in [2.24, 2.45) is 0 Å². The van der Waals surface area contributed by atoms with Crippen molar-refractivity contribution in [3.63, 3.8) is 0 Å². The number of carbonyl (C=O) groups is 1. The molecule has 1 unspecified atom stereocenters. The highest BCUT2D eigenvalue weighted by molar-refractivity contribution is 6.33. The van der Waals surface area contributed by atoms with E-state index in [-0.39, 0.29) is 0 Å². The van der Waals surface area contributed by atoms with Gasteiger partial charge < -0.3 is 14.7 Å². The van der Waals surface area contributed by atoms with E-state index in [4.69, 9.17) is 16.3 Å². The van der Waals surface area contributed by atoms with Gasteiger partial charge in [0.25, 0.3) is 0 Å². The van der Waals surface area contributed by atoms with E-state index in [0.717, 1.165) is 41.5 Å². The number of hydrogen-bond acceptors (Lipinski definition) is 3. The number of carbonyl (C=O) groups excluding carboxylic acids is 1. The zero-order valence-electron chi connectivity index (χ0n) is 17.0. The quantitative estimate of drug-likeness (QED) is 0.433. The summed E-state index contributed by atoms with van der Waals surface area (Å²) >= 11 is 6.60. The number of aliphatic hydroxyl groups is 1. The lowest BCUT2D eigenvalue weighted by atomic mass is 9.81. The number of rotatable bonds is 11. The Bertz CT molecular complexity index is 780. The van der Waals surface area contributed by atoms with Gasteiger partial charge in [-0.1, -0.05) is 53.6 Å². The molecular formula is C23H30ClNO3. The van der Waals surface area contributed by atoms with Crippen LogP contribution in [0.15, 0.2) is 42.5 Å². The molecule has 2 aromatic carbocycles. The highest BCUT2D eigenvalue weighted by Gasteiger charge is 2.32. The van der Waals surface area contributed by atoms with Crippen LogP contribution < -0.4 is 0 Å². The maximum absolute atomic E-state index is 11.7. The van der Waals surface area contributed by atoms with E-state index >= 15 is 0 Å². The fourth-order valence-electron chi connectivity index (χ4n) is 3.48. The number of hydrogen-bond donors (Lipinski definition) is 1. The molecule has 0 saturated carbocycles. The number of nitrogens with zero attached hydrogens (tertiary/aromatic N) is 1. The first-order valence-electron chi connectivity index (χ1n) is 9.64. The van der Waals surface area contributed by atoms with Crippen molar-refractivity contribution in [2.45, 2.75) is 38.2 Å². The summed E-state index contributed by atoms with van der Waals surface area (Å²) in [6, 6.07) is 13.8. The number of halogens is 1. The van der Waals surface area contributed by atoms with Gasteiger partial charge in [-0.2, -0.15) is 0 Å². The molecule has 1 amide bonds. The maximum atomic E-state index is 11.7. The Morgan fingerprint density at radius 3 is 2.61 bits per heavy atom. The van der Waals surface area contributed by atoms with Crippen molar-refractivity contribution >= 4 is 18.0 Å². The lowest BCUT2D eigenvalue weighted by Crippen LogP contribution is -2.32. The van der Waals surface area contributed by atoms with Crippen LogP contribution in [0.3, 0.4) is 0 Å². The lowest BCUT2D eigenvalue weighted by Gasteiger charge is -2.32. The second-order valence-electron chi connectivity index (χ2n) is 7.35. The summed E-state index contributed by atoms with van der Waals surface area (Å²) in [7, 11) is 3.40. The van der Waals surface area contributed by atoms with Crippen molar-refractivity contribution in [2.75, 3.05) is 27.3 Å². The Balaban J connectivity index is 2.46. The Morgan fingerprint density at radius 1 is 1.18 bits per heavy atom. The first kappa shape index (κ1) is 22.4. The van der Waals surface area contributed by atoms with Gasteiger partial charge >= 0.3 is 0 Å². The zero-order valence-corrected chi connectivity index (χ0v) is 17.7. The molecule has 0 aliphatic heterocycles. The average molecular weight is 404 g/mol. The Hall–Kier alpha value is -1.88. The van der Waals surface area contributed by atoms with Gasteiger partial charge in [-0.25, -0.2) is 0 Å². The van der Waals surface area contributed by atoms with E-state index in [1.165, 1.54) is 0 Å². The third-order valence-electron chi connectivity index (χ3n) is 5.07. The molecule has 0 spiro atoms. The highest BCUT2D eigenvalue weighted by Crippen LogP contribution is 2.41. The van der Waals surface area contributed by atoms with E-state index in [0.29, 0.717) is 31.0 Å². The molecule has 0 heterocycles. The van der Waals surface area contributed by atoms with Crippen molar-refractivity contribution in [1.29, 1.82) is 0 Å². The summed E-state index contributed by atoms with van der Waals surface area (Å²) < 4.78 is 5.15. The molecule has 5 heteroatoms. The summed E-state index contributed by atoms with van der Waals surface area (Å²) in [6.45, 7) is 3.16. The first-order valence-corrected chi connectivity index (χ1v) is 10.0. The molecule has 4 nitrogen and oxygen atoms in total. The summed E-state index contributed by atoms with van der Waals surface area (Å²) in [5.74, 6) is 0. The van der Waals surface area contributed by atoms with Crippen LogP contribution in [0, 0.1) is 6.92 Å². The highest BCUT2D eigenvalue weighted by atomic mass is 35.5. The second-order valence-corrected chi connectivity index (χ2v) is 7.76. The lowest BCUT2D eigenvalue weighted by molar-refractivity contribution is -0.117. The van der Waals surface area contributed by atoms with E-state index in [1.807, 2.05) is 43.3 Å². The van der Waals surface area contributed by atoms with Gasteiger partial charge in [0.15, 0.2) is 0 Å². The molecule has 0 aliphatic carbocycles. The summed E-state index contributed by atoms with van der Waals surface area (Å²) in [4.78, 5) is 12.6. The molecule has 1 atom stereocenters. The smallest absolute Gasteiger partial charge is 0.209 e. The molecule has 0 aromatic heterocycles. The van der Waals surface area contributed by atoms with Crippen LogP contribution in [0.2, 0.25) is 5.02 Å². The predicted molar refractivity (Wildman–Crippen MR) is 115 cm³/mol. The van der Waals surface area contributed by atoms with Crippen molar-refractivity contribution < 1.29 is 14.6 Å². The Kier molecular flexibility index (Phi) is 8.49. The van der Waals surface area contributed by atoms with Crippen LogP contribution in [-0.4, -0.2) is 43.7 Å². The average Bonchev–Trinajstić information content (AvgIpc) is 2.69. The fourth-order valence-corrected chi connectivity index (χ4v) is 3.76. The van der Waals surface area contributed by atoms with Gasteiger partial charge in [-0.05, 0) is 49.8 Å². The van der Waals surface area contributed by atoms with Crippen LogP contribution in [-0.2, 0) is 15.1 Å². The SMILES string of the molecule is COCCCCC(O)(CCN(C)C=O)c1cccc(Cl)c1-c1cccc(C)c1. The topological polar surface area (TPSA) is 49.8 Å². The molecule has 0 aliphatic rings. The van der Waals surface area contributed by atoms with Gasteiger partial charge in [0.05, 0.1) is 5.60 Å². The van der Waals surface area contributed by atoms with Crippen LogP contribution >= 0.6 is 11.6 Å². The second kappa shape index (κ2) is 10.6. The first-order chi connectivity index (χ1) is 13.4. The van der Waals surface area contributed by atoms with E-state index < -0.39 is 5.60 Å². The van der Waals surface area contributed by atoms with Crippen molar-refractivity contribution in [3.05, 3.63) is 58.6 Å².